The molecule has 2 heteroatoms. The van der Waals surface area contributed by atoms with Crippen molar-refractivity contribution < 1.29 is 4.74 Å². The minimum Gasteiger partial charge on any atom is -0.490 e. The van der Waals surface area contributed by atoms with E-state index in [-0.39, 0.29) is 11.5 Å². The van der Waals surface area contributed by atoms with E-state index in [1.807, 2.05) is 0 Å². The van der Waals surface area contributed by atoms with Crippen LogP contribution < -0.4 is 5.73 Å². The van der Waals surface area contributed by atoms with Gasteiger partial charge in [-0.25, -0.2) is 0 Å². The molecule has 0 spiro atoms. The molecule has 0 bridgehead atoms. The summed E-state index contributed by atoms with van der Waals surface area (Å²) in [5.74, 6) is 1.64. The molecule has 0 radical (unpaired) electrons. The number of hydrogen-bond donors (Lipinski definition) is 1. The van der Waals surface area contributed by atoms with E-state index in [1.54, 1.807) is 0 Å². The molecule has 0 saturated carbocycles. The maximum atomic E-state index is 6.11. The van der Waals surface area contributed by atoms with Gasteiger partial charge < -0.3 is 10.5 Å². The fourth-order valence-corrected chi connectivity index (χ4v) is 3.39. The Balaban J connectivity index is 2.36. The molecule has 2 rings (SSSR count). The third kappa shape index (κ3) is 2.56. The van der Waals surface area contributed by atoms with Gasteiger partial charge in [0.1, 0.15) is 6.10 Å². The van der Waals surface area contributed by atoms with Gasteiger partial charge in [-0.3, -0.25) is 0 Å². The molecule has 0 aromatic rings. The van der Waals surface area contributed by atoms with Gasteiger partial charge in [-0.2, -0.15) is 0 Å². The third-order valence-corrected chi connectivity index (χ3v) is 4.53. The first-order chi connectivity index (χ1) is 9.38. The predicted octanol–water partition coefficient (Wildman–Crippen LogP) is 4.46. The number of rotatable bonds is 3. The Labute approximate surface area is 123 Å². The maximum absolute atomic E-state index is 6.11. The van der Waals surface area contributed by atoms with Gasteiger partial charge in [-0.1, -0.05) is 39.0 Å². The van der Waals surface area contributed by atoms with Gasteiger partial charge >= 0.3 is 0 Å². The first kappa shape index (κ1) is 15.0. The molecule has 2 aliphatic rings. The highest BCUT2D eigenvalue weighted by Gasteiger charge is 2.46. The molecule has 1 aliphatic carbocycles. The molecule has 2 N–H and O–H groups in total. The summed E-state index contributed by atoms with van der Waals surface area (Å²) in [5, 5.41) is 0. The summed E-state index contributed by atoms with van der Waals surface area (Å²) in [6.07, 6.45) is 11.1. The van der Waals surface area contributed by atoms with Crippen LogP contribution in [0.1, 0.15) is 47.5 Å². The van der Waals surface area contributed by atoms with E-state index in [2.05, 4.69) is 58.9 Å². The van der Waals surface area contributed by atoms with Crippen LogP contribution in [0.25, 0.3) is 0 Å². The van der Waals surface area contributed by atoms with Crippen molar-refractivity contribution >= 4 is 0 Å². The van der Waals surface area contributed by atoms with Crippen LogP contribution in [-0.2, 0) is 4.74 Å². The Morgan fingerprint density at radius 3 is 2.85 bits per heavy atom. The minimum atomic E-state index is 0.0754. The van der Waals surface area contributed by atoms with Crippen molar-refractivity contribution in [3.63, 3.8) is 0 Å². The van der Waals surface area contributed by atoms with Gasteiger partial charge in [-0.05, 0) is 49.8 Å². The van der Waals surface area contributed by atoms with E-state index >= 15 is 0 Å². The number of hydrogen-bond acceptors (Lipinski definition) is 2. The zero-order chi connectivity index (χ0) is 14.9. The van der Waals surface area contributed by atoms with Crippen molar-refractivity contribution in [2.75, 3.05) is 0 Å². The molecule has 0 amide bonds. The standard InChI is InChI=1S/C18H27NO/c1-6-7-16(19)13(3)10-15-14(4)20-17-9-8-12(2)11-18(15,17)5/h7-10,12,17H,6,11,19H2,1-5H3/b13-10+,16-7-. The van der Waals surface area contributed by atoms with Gasteiger partial charge in [0, 0.05) is 11.1 Å². The highest BCUT2D eigenvalue weighted by Crippen LogP contribution is 2.50. The molecule has 20 heavy (non-hydrogen) atoms. The Morgan fingerprint density at radius 2 is 2.20 bits per heavy atom. The molecule has 2 nitrogen and oxygen atoms in total. The largest absolute Gasteiger partial charge is 0.490 e. The Kier molecular flexibility index (Phi) is 4.12. The number of allylic oxidation sites excluding steroid dienone is 5. The maximum Gasteiger partial charge on any atom is 0.126 e. The van der Waals surface area contributed by atoms with E-state index in [4.69, 9.17) is 10.5 Å². The van der Waals surface area contributed by atoms with Crippen LogP contribution in [0, 0.1) is 11.3 Å². The molecule has 0 fully saturated rings. The van der Waals surface area contributed by atoms with Gasteiger partial charge in [0.05, 0.1) is 5.76 Å². The molecule has 3 atom stereocenters. The highest BCUT2D eigenvalue weighted by atomic mass is 16.5. The quantitative estimate of drug-likeness (QED) is 0.608. The lowest BCUT2D eigenvalue weighted by Gasteiger charge is -2.35. The topological polar surface area (TPSA) is 35.2 Å². The van der Waals surface area contributed by atoms with Crippen molar-refractivity contribution in [3.05, 3.63) is 46.9 Å². The third-order valence-electron chi connectivity index (χ3n) is 4.53. The summed E-state index contributed by atoms with van der Waals surface area (Å²) >= 11 is 0. The lowest BCUT2D eigenvalue weighted by molar-refractivity contribution is 0.0892. The summed E-state index contributed by atoms with van der Waals surface area (Å²) in [4.78, 5) is 0. The summed E-state index contributed by atoms with van der Waals surface area (Å²) in [6, 6.07) is 0. The smallest absolute Gasteiger partial charge is 0.126 e. The second kappa shape index (κ2) is 5.51. The highest BCUT2D eigenvalue weighted by molar-refractivity contribution is 5.43. The Morgan fingerprint density at radius 1 is 1.50 bits per heavy atom. The summed E-state index contributed by atoms with van der Waals surface area (Å²) in [7, 11) is 0. The number of fused-ring (bicyclic) bond motifs is 1. The Hall–Kier alpha value is -1.44. The van der Waals surface area contributed by atoms with Crippen LogP contribution in [0.3, 0.4) is 0 Å². The molecular weight excluding hydrogens is 246 g/mol. The molecule has 0 saturated heterocycles. The SMILES string of the molecule is CC/C=C(N)/C(C)=C/C1=C(C)OC2C=CC(C)CC12C. The fourth-order valence-electron chi connectivity index (χ4n) is 3.39. The van der Waals surface area contributed by atoms with Crippen molar-refractivity contribution in [2.24, 2.45) is 17.1 Å². The first-order valence-corrected chi connectivity index (χ1v) is 7.59. The fraction of sp³-hybridized carbons (Fsp3) is 0.556. The zero-order valence-corrected chi connectivity index (χ0v) is 13.4. The van der Waals surface area contributed by atoms with Gasteiger partial charge in [0.2, 0.25) is 0 Å². The molecule has 1 heterocycles. The number of ether oxygens (including phenoxy) is 1. The van der Waals surface area contributed by atoms with Crippen LogP contribution in [0.4, 0.5) is 0 Å². The summed E-state index contributed by atoms with van der Waals surface area (Å²) in [5.41, 5.74) is 9.50. The van der Waals surface area contributed by atoms with Crippen LogP contribution in [-0.4, -0.2) is 6.10 Å². The summed E-state index contributed by atoms with van der Waals surface area (Å²) in [6.45, 7) is 10.8. The van der Waals surface area contributed by atoms with E-state index in [9.17, 15) is 0 Å². The van der Waals surface area contributed by atoms with E-state index in [0.717, 1.165) is 29.9 Å². The molecule has 3 unspecified atom stereocenters. The van der Waals surface area contributed by atoms with Crippen molar-refractivity contribution in [2.45, 2.75) is 53.6 Å². The molecule has 0 aromatic heterocycles. The average Bonchev–Trinajstić information content (AvgIpc) is 2.61. The monoisotopic (exact) mass is 273 g/mol. The van der Waals surface area contributed by atoms with Crippen molar-refractivity contribution in [1.82, 2.24) is 0 Å². The predicted molar refractivity (Wildman–Crippen MR) is 84.9 cm³/mol. The van der Waals surface area contributed by atoms with E-state index < -0.39 is 0 Å². The Bertz CT molecular complexity index is 510. The second-order valence-electron chi connectivity index (χ2n) is 6.39. The first-order valence-electron chi connectivity index (χ1n) is 7.59. The normalized spacial score (nSPS) is 34.2. The average molecular weight is 273 g/mol. The van der Waals surface area contributed by atoms with Crippen LogP contribution in [0.15, 0.2) is 46.9 Å². The van der Waals surface area contributed by atoms with Gasteiger partial charge in [0.15, 0.2) is 0 Å². The van der Waals surface area contributed by atoms with Crippen LogP contribution in [0.2, 0.25) is 0 Å². The second-order valence-corrected chi connectivity index (χ2v) is 6.39. The van der Waals surface area contributed by atoms with Crippen molar-refractivity contribution in [3.8, 4) is 0 Å². The lowest BCUT2D eigenvalue weighted by Crippen LogP contribution is -2.33. The molecule has 110 valence electrons. The van der Waals surface area contributed by atoms with Crippen LogP contribution in [0.5, 0.6) is 0 Å². The molecule has 1 aliphatic heterocycles. The lowest BCUT2D eigenvalue weighted by atomic mass is 9.69. The van der Waals surface area contributed by atoms with E-state index in [0.29, 0.717) is 5.92 Å². The molecular formula is C18H27NO. The molecule has 0 aromatic carbocycles. The van der Waals surface area contributed by atoms with Crippen molar-refractivity contribution in [1.29, 1.82) is 0 Å². The number of nitrogens with two attached hydrogens (primary N) is 1. The van der Waals surface area contributed by atoms with Gasteiger partial charge in [0.25, 0.3) is 0 Å². The van der Waals surface area contributed by atoms with Crippen LogP contribution >= 0.6 is 0 Å². The summed E-state index contributed by atoms with van der Waals surface area (Å²) < 4.78 is 6.06. The zero-order valence-electron chi connectivity index (χ0n) is 13.4. The van der Waals surface area contributed by atoms with E-state index in [1.165, 1.54) is 5.57 Å². The van der Waals surface area contributed by atoms with Gasteiger partial charge in [-0.15, -0.1) is 0 Å². The minimum absolute atomic E-state index is 0.0754.